The van der Waals surface area contributed by atoms with Gasteiger partial charge in [0.25, 0.3) is 5.91 Å². The zero-order valence-electron chi connectivity index (χ0n) is 11.4. The van der Waals surface area contributed by atoms with Gasteiger partial charge < -0.3 is 20.5 Å². The van der Waals surface area contributed by atoms with Crippen LogP contribution in [0.5, 0.6) is 5.75 Å². The summed E-state index contributed by atoms with van der Waals surface area (Å²) in [6.45, 7) is 2.53. The van der Waals surface area contributed by atoms with Crippen LogP contribution in [0.25, 0.3) is 0 Å². The number of rotatable bonds is 6. The van der Waals surface area contributed by atoms with Gasteiger partial charge in [-0.05, 0) is 30.7 Å². The van der Waals surface area contributed by atoms with E-state index >= 15 is 0 Å². The number of nitrogens with one attached hydrogen (secondary N) is 2. The lowest BCUT2D eigenvalue weighted by Crippen LogP contribution is -2.28. The first-order valence-corrected chi connectivity index (χ1v) is 6.02. The predicted molar refractivity (Wildman–Crippen MR) is 75.0 cm³/mol. The van der Waals surface area contributed by atoms with Gasteiger partial charge in [0, 0.05) is 25.5 Å². The van der Waals surface area contributed by atoms with E-state index in [9.17, 15) is 9.90 Å². The Morgan fingerprint density at radius 1 is 1.55 bits per heavy atom. The summed E-state index contributed by atoms with van der Waals surface area (Å²) >= 11 is 0. The summed E-state index contributed by atoms with van der Waals surface area (Å²) in [5.74, 6) is -0.302. The summed E-state index contributed by atoms with van der Waals surface area (Å²) in [5, 5.41) is 23.7. The van der Waals surface area contributed by atoms with Gasteiger partial charge in [0.05, 0.1) is 6.61 Å². The lowest BCUT2D eigenvalue weighted by molar-refractivity contribution is -0.117. The molecule has 1 aromatic rings. The Bertz CT molecular complexity index is 547. The average Bonchev–Trinajstić information content (AvgIpc) is 2.42. The molecule has 1 rings (SSSR count). The Labute approximate surface area is 117 Å². The van der Waals surface area contributed by atoms with Crippen molar-refractivity contribution < 1.29 is 14.6 Å². The number of carbonyl (C=O) groups excluding carboxylic acids is 1. The van der Waals surface area contributed by atoms with Crippen LogP contribution < -0.4 is 10.6 Å². The van der Waals surface area contributed by atoms with E-state index in [2.05, 4.69) is 10.6 Å². The molecule has 0 aliphatic carbocycles. The number of nitrogens with zero attached hydrogens (tertiary/aromatic N) is 1. The second-order valence-electron chi connectivity index (χ2n) is 4.06. The Balaban J connectivity index is 2.70. The van der Waals surface area contributed by atoms with Gasteiger partial charge in [0.15, 0.2) is 0 Å². The summed E-state index contributed by atoms with van der Waals surface area (Å²) in [6.07, 6.45) is 1.33. The number of methoxy groups -OCH3 is 1. The smallest absolute Gasteiger partial charge is 0.263 e. The van der Waals surface area contributed by atoms with Crippen LogP contribution in [0, 0.1) is 18.3 Å². The summed E-state index contributed by atoms with van der Waals surface area (Å²) in [5.41, 5.74) is 1.48. The number of benzene rings is 1. The molecule has 0 heterocycles. The van der Waals surface area contributed by atoms with E-state index in [1.54, 1.807) is 19.1 Å². The summed E-state index contributed by atoms with van der Waals surface area (Å²) < 4.78 is 4.81. The molecule has 6 heteroatoms. The molecular formula is C14H17N3O3. The molecule has 0 spiro atoms. The standard InChI is InChI=1S/C14H17N3O3/c1-10-7-12(18)3-4-13(10)17-9-11(8-15)14(19)16-5-6-20-2/h3-4,7,9,17-18H,5-6H2,1-2H3,(H,16,19)/b11-9-. The van der Waals surface area contributed by atoms with E-state index in [0.29, 0.717) is 18.8 Å². The molecule has 0 unspecified atom stereocenters. The molecule has 0 aromatic heterocycles. The molecule has 0 saturated carbocycles. The number of carbonyl (C=O) groups is 1. The average molecular weight is 275 g/mol. The maximum Gasteiger partial charge on any atom is 0.263 e. The predicted octanol–water partition coefficient (Wildman–Crippen LogP) is 1.28. The minimum Gasteiger partial charge on any atom is -0.508 e. The number of hydrogen-bond donors (Lipinski definition) is 3. The first-order chi connectivity index (χ1) is 9.58. The summed E-state index contributed by atoms with van der Waals surface area (Å²) in [6, 6.07) is 6.60. The normalized spacial score (nSPS) is 10.8. The fraction of sp³-hybridized carbons (Fsp3) is 0.286. The molecule has 0 aliphatic heterocycles. The Hall–Kier alpha value is -2.52. The van der Waals surface area contributed by atoms with Crippen molar-refractivity contribution in [3.05, 3.63) is 35.5 Å². The van der Waals surface area contributed by atoms with Crippen molar-refractivity contribution in [2.75, 3.05) is 25.6 Å². The molecule has 0 saturated heterocycles. The van der Waals surface area contributed by atoms with Gasteiger partial charge in [-0.3, -0.25) is 4.79 Å². The van der Waals surface area contributed by atoms with Crippen LogP contribution in [0.4, 0.5) is 5.69 Å². The zero-order chi connectivity index (χ0) is 15.0. The van der Waals surface area contributed by atoms with Crippen LogP contribution in [0.15, 0.2) is 30.0 Å². The molecular weight excluding hydrogens is 258 g/mol. The monoisotopic (exact) mass is 275 g/mol. The van der Waals surface area contributed by atoms with E-state index < -0.39 is 5.91 Å². The molecule has 1 aromatic carbocycles. The molecule has 0 radical (unpaired) electrons. The second kappa shape index (κ2) is 7.81. The van der Waals surface area contributed by atoms with E-state index in [-0.39, 0.29) is 11.3 Å². The lowest BCUT2D eigenvalue weighted by Gasteiger charge is -2.07. The van der Waals surface area contributed by atoms with Gasteiger partial charge in [-0.15, -0.1) is 0 Å². The Kier molecular flexibility index (Phi) is 6.07. The van der Waals surface area contributed by atoms with Crippen molar-refractivity contribution in [3.63, 3.8) is 0 Å². The first-order valence-electron chi connectivity index (χ1n) is 6.02. The number of amides is 1. The number of aryl methyl sites for hydroxylation is 1. The molecule has 20 heavy (non-hydrogen) atoms. The topological polar surface area (TPSA) is 94.4 Å². The van der Waals surface area contributed by atoms with Gasteiger partial charge in [0.2, 0.25) is 0 Å². The SMILES string of the molecule is COCCNC(=O)/C(C#N)=C\Nc1ccc(O)cc1C. The second-order valence-corrected chi connectivity index (χ2v) is 4.06. The number of nitriles is 1. The Morgan fingerprint density at radius 2 is 2.30 bits per heavy atom. The summed E-state index contributed by atoms with van der Waals surface area (Å²) in [7, 11) is 1.53. The largest absolute Gasteiger partial charge is 0.508 e. The lowest BCUT2D eigenvalue weighted by atomic mass is 10.2. The van der Waals surface area contributed by atoms with Gasteiger partial charge in [-0.1, -0.05) is 0 Å². The molecule has 1 amide bonds. The third kappa shape index (κ3) is 4.63. The van der Waals surface area contributed by atoms with Gasteiger partial charge in [0.1, 0.15) is 17.4 Å². The van der Waals surface area contributed by atoms with Gasteiger partial charge in [-0.2, -0.15) is 5.26 Å². The van der Waals surface area contributed by atoms with Crippen LogP contribution in [0.2, 0.25) is 0 Å². The molecule has 0 fully saturated rings. The van der Waals surface area contributed by atoms with Gasteiger partial charge >= 0.3 is 0 Å². The van der Waals surface area contributed by atoms with Crippen molar-refractivity contribution in [2.24, 2.45) is 0 Å². The van der Waals surface area contributed by atoms with Crippen LogP contribution in [-0.2, 0) is 9.53 Å². The third-order valence-corrected chi connectivity index (χ3v) is 2.54. The van der Waals surface area contributed by atoms with Crippen LogP contribution >= 0.6 is 0 Å². The molecule has 106 valence electrons. The molecule has 0 aliphatic rings. The first kappa shape index (κ1) is 15.5. The Morgan fingerprint density at radius 3 is 2.90 bits per heavy atom. The highest BCUT2D eigenvalue weighted by atomic mass is 16.5. The van der Waals surface area contributed by atoms with Crippen molar-refractivity contribution in [3.8, 4) is 11.8 Å². The number of anilines is 1. The van der Waals surface area contributed by atoms with E-state index in [1.165, 1.54) is 19.4 Å². The van der Waals surface area contributed by atoms with E-state index in [0.717, 1.165) is 5.56 Å². The highest BCUT2D eigenvalue weighted by Gasteiger charge is 2.08. The minimum atomic E-state index is -0.464. The number of phenolic OH excluding ortho intramolecular Hbond substituents is 1. The van der Waals surface area contributed by atoms with Crippen LogP contribution in [0.3, 0.4) is 0 Å². The van der Waals surface area contributed by atoms with Crippen molar-refractivity contribution in [1.29, 1.82) is 5.26 Å². The fourth-order valence-corrected chi connectivity index (χ4v) is 1.47. The van der Waals surface area contributed by atoms with Crippen molar-refractivity contribution in [1.82, 2.24) is 5.32 Å². The quantitative estimate of drug-likeness (QED) is 0.315. The molecule has 0 atom stereocenters. The van der Waals surface area contributed by atoms with Gasteiger partial charge in [-0.25, -0.2) is 0 Å². The highest BCUT2D eigenvalue weighted by Crippen LogP contribution is 2.20. The zero-order valence-corrected chi connectivity index (χ0v) is 11.4. The molecule has 6 nitrogen and oxygen atoms in total. The fourth-order valence-electron chi connectivity index (χ4n) is 1.47. The maximum absolute atomic E-state index is 11.7. The number of phenols is 1. The highest BCUT2D eigenvalue weighted by molar-refractivity contribution is 5.97. The number of ether oxygens (including phenoxy) is 1. The maximum atomic E-state index is 11.7. The molecule has 0 bridgehead atoms. The minimum absolute atomic E-state index is 0.0337. The van der Waals surface area contributed by atoms with E-state index in [1.807, 2.05) is 6.07 Å². The van der Waals surface area contributed by atoms with E-state index in [4.69, 9.17) is 10.00 Å². The van der Waals surface area contributed by atoms with Crippen molar-refractivity contribution >= 4 is 11.6 Å². The number of aromatic hydroxyl groups is 1. The van der Waals surface area contributed by atoms with Crippen LogP contribution in [0.1, 0.15) is 5.56 Å². The summed E-state index contributed by atoms with van der Waals surface area (Å²) in [4.78, 5) is 11.7. The van der Waals surface area contributed by atoms with Crippen LogP contribution in [-0.4, -0.2) is 31.3 Å². The third-order valence-electron chi connectivity index (χ3n) is 2.54. The van der Waals surface area contributed by atoms with Crippen molar-refractivity contribution in [2.45, 2.75) is 6.92 Å². The molecule has 3 N–H and O–H groups in total. The number of hydrogen-bond acceptors (Lipinski definition) is 5.